The van der Waals surface area contributed by atoms with Crippen LogP contribution in [0.1, 0.15) is 38.9 Å². The van der Waals surface area contributed by atoms with Crippen molar-refractivity contribution in [3.8, 4) is 10.6 Å². The topological polar surface area (TPSA) is 79.4 Å². The molecule has 1 aliphatic heterocycles. The van der Waals surface area contributed by atoms with E-state index in [1.165, 1.54) is 23.9 Å². The standard InChI is InChI=1S/C22H19N3O3S/c1-3-13-4-6-14(7-5-13)20-24-16(12-29-20)11-19(26)23-15-8-9-17-18(10-15)22(28)25(2)21(17)27/h4-10,12H,3,11H2,1-2H3,(H,23,26). The van der Waals surface area contributed by atoms with Gasteiger partial charge in [0.1, 0.15) is 5.01 Å². The van der Waals surface area contributed by atoms with Crippen molar-refractivity contribution in [3.63, 3.8) is 0 Å². The highest BCUT2D eigenvalue weighted by atomic mass is 32.1. The van der Waals surface area contributed by atoms with Crippen LogP contribution in [-0.2, 0) is 17.6 Å². The first kappa shape index (κ1) is 19.0. The maximum atomic E-state index is 12.4. The minimum absolute atomic E-state index is 0.132. The molecule has 0 saturated heterocycles. The lowest BCUT2D eigenvalue weighted by Crippen LogP contribution is -2.24. The third-order valence-electron chi connectivity index (χ3n) is 4.88. The molecule has 0 spiro atoms. The fraction of sp³-hybridized carbons (Fsp3) is 0.182. The first-order valence-electron chi connectivity index (χ1n) is 9.26. The SMILES string of the molecule is CCc1ccc(-c2nc(CC(=O)Nc3ccc4c(c3)C(=O)N(C)C4=O)cs2)cc1. The zero-order chi connectivity index (χ0) is 20.5. The zero-order valence-corrected chi connectivity index (χ0v) is 16.9. The summed E-state index contributed by atoms with van der Waals surface area (Å²) in [5.41, 5.74) is 4.14. The number of carbonyl (C=O) groups excluding carboxylic acids is 3. The number of nitrogens with zero attached hydrogens (tertiary/aromatic N) is 2. The number of thiazole rings is 1. The molecule has 0 radical (unpaired) electrons. The molecule has 0 saturated carbocycles. The predicted molar refractivity (Wildman–Crippen MR) is 112 cm³/mol. The third kappa shape index (κ3) is 3.69. The Morgan fingerprint density at radius 2 is 1.79 bits per heavy atom. The number of anilines is 1. The van der Waals surface area contributed by atoms with Gasteiger partial charge in [-0.15, -0.1) is 11.3 Å². The van der Waals surface area contributed by atoms with Gasteiger partial charge in [-0.1, -0.05) is 31.2 Å². The van der Waals surface area contributed by atoms with E-state index in [1.54, 1.807) is 18.2 Å². The summed E-state index contributed by atoms with van der Waals surface area (Å²) in [6, 6.07) is 13.0. The summed E-state index contributed by atoms with van der Waals surface area (Å²) < 4.78 is 0. The van der Waals surface area contributed by atoms with E-state index in [4.69, 9.17) is 0 Å². The molecule has 2 heterocycles. The van der Waals surface area contributed by atoms with Gasteiger partial charge >= 0.3 is 0 Å². The van der Waals surface area contributed by atoms with Crippen LogP contribution in [0.2, 0.25) is 0 Å². The lowest BCUT2D eigenvalue weighted by atomic mass is 10.1. The van der Waals surface area contributed by atoms with Crippen LogP contribution in [0, 0.1) is 0 Å². The molecule has 4 rings (SSSR count). The van der Waals surface area contributed by atoms with Crippen LogP contribution in [0.15, 0.2) is 47.8 Å². The van der Waals surface area contributed by atoms with Crippen molar-refractivity contribution >= 4 is 34.7 Å². The fourth-order valence-electron chi connectivity index (χ4n) is 3.21. The highest BCUT2D eigenvalue weighted by Gasteiger charge is 2.32. The van der Waals surface area contributed by atoms with Gasteiger partial charge in [0, 0.05) is 23.7 Å². The van der Waals surface area contributed by atoms with Crippen molar-refractivity contribution < 1.29 is 14.4 Å². The molecule has 146 valence electrons. The van der Waals surface area contributed by atoms with E-state index in [1.807, 2.05) is 17.5 Å². The van der Waals surface area contributed by atoms with Gasteiger partial charge in [0.15, 0.2) is 0 Å². The van der Waals surface area contributed by atoms with E-state index in [-0.39, 0.29) is 24.1 Å². The number of fused-ring (bicyclic) bond motifs is 1. The fourth-order valence-corrected chi connectivity index (χ4v) is 4.04. The largest absolute Gasteiger partial charge is 0.326 e. The Balaban J connectivity index is 1.44. The number of hydrogen-bond acceptors (Lipinski definition) is 5. The molecule has 29 heavy (non-hydrogen) atoms. The summed E-state index contributed by atoms with van der Waals surface area (Å²) in [4.78, 5) is 42.1. The van der Waals surface area contributed by atoms with Crippen molar-refractivity contribution in [2.75, 3.05) is 12.4 Å². The number of aryl methyl sites for hydroxylation is 1. The Morgan fingerprint density at radius 1 is 1.07 bits per heavy atom. The van der Waals surface area contributed by atoms with E-state index in [0.29, 0.717) is 22.5 Å². The van der Waals surface area contributed by atoms with Crippen molar-refractivity contribution in [2.45, 2.75) is 19.8 Å². The Morgan fingerprint density at radius 3 is 2.52 bits per heavy atom. The number of imide groups is 1. The Hall–Kier alpha value is -3.32. The highest BCUT2D eigenvalue weighted by molar-refractivity contribution is 7.13. The Labute approximate surface area is 172 Å². The normalized spacial score (nSPS) is 13.0. The van der Waals surface area contributed by atoms with Crippen LogP contribution >= 0.6 is 11.3 Å². The number of hydrogen-bond donors (Lipinski definition) is 1. The minimum Gasteiger partial charge on any atom is -0.326 e. The summed E-state index contributed by atoms with van der Waals surface area (Å²) in [6.07, 6.45) is 1.12. The van der Waals surface area contributed by atoms with Crippen LogP contribution < -0.4 is 5.32 Å². The number of aromatic nitrogens is 1. The molecule has 0 aliphatic carbocycles. The van der Waals surface area contributed by atoms with Crippen molar-refractivity contribution in [3.05, 3.63) is 70.2 Å². The van der Waals surface area contributed by atoms with Crippen LogP contribution in [0.4, 0.5) is 5.69 Å². The van der Waals surface area contributed by atoms with Crippen molar-refractivity contribution in [1.29, 1.82) is 0 Å². The number of benzene rings is 2. The maximum Gasteiger partial charge on any atom is 0.261 e. The van der Waals surface area contributed by atoms with Gasteiger partial charge in [-0.05, 0) is 30.2 Å². The van der Waals surface area contributed by atoms with Gasteiger partial charge in [-0.2, -0.15) is 0 Å². The summed E-state index contributed by atoms with van der Waals surface area (Å²) in [7, 11) is 1.44. The molecule has 0 bridgehead atoms. The third-order valence-corrected chi connectivity index (χ3v) is 5.82. The first-order valence-corrected chi connectivity index (χ1v) is 10.1. The smallest absolute Gasteiger partial charge is 0.261 e. The molecule has 3 amide bonds. The number of rotatable bonds is 5. The van der Waals surface area contributed by atoms with E-state index >= 15 is 0 Å². The van der Waals surface area contributed by atoms with Crippen LogP contribution in [0.25, 0.3) is 10.6 Å². The van der Waals surface area contributed by atoms with Gasteiger partial charge in [-0.3, -0.25) is 19.3 Å². The molecule has 1 aromatic heterocycles. The molecule has 6 nitrogen and oxygen atoms in total. The molecule has 1 N–H and O–H groups in total. The molecule has 0 atom stereocenters. The minimum atomic E-state index is -0.362. The van der Waals surface area contributed by atoms with Crippen molar-refractivity contribution in [1.82, 2.24) is 9.88 Å². The van der Waals surface area contributed by atoms with Crippen LogP contribution in [-0.4, -0.2) is 34.7 Å². The molecule has 0 unspecified atom stereocenters. The van der Waals surface area contributed by atoms with E-state index in [2.05, 4.69) is 29.4 Å². The number of carbonyl (C=O) groups is 3. The first-order chi connectivity index (χ1) is 14.0. The Bertz CT molecular complexity index is 1120. The Kier molecular flexibility index (Phi) is 4.98. The van der Waals surface area contributed by atoms with E-state index in [9.17, 15) is 14.4 Å². The maximum absolute atomic E-state index is 12.4. The molecule has 3 aromatic rings. The molecule has 0 fully saturated rings. The van der Waals surface area contributed by atoms with E-state index < -0.39 is 0 Å². The van der Waals surface area contributed by atoms with Crippen molar-refractivity contribution in [2.24, 2.45) is 0 Å². The second kappa shape index (κ2) is 7.60. The predicted octanol–water partition coefficient (Wildman–Crippen LogP) is 3.78. The summed E-state index contributed by atoms with van der Waals surface area (Å²) >= 11 is 1.50. The summed E-state index contributed by atoms with van der Waals surface area (Å²) in [6.45, 7) is 2.11. The average Bonchev–Trinajstić information content (AvgIpc) is 3.27. The molecular weight excluding hydrogens is 386 g/mol. The molecule has 7 heteroatoms. The molecule has 1 aliphatic rings. The number of nitrogens with one attached hydrogen (secondary N) is 1. The van der Waals surface area contributed by atoms with Gasteiger partial charge in [0.25, 0.3) is 11.8 Å². The van der Waals surface area contributed by atoms with Gasteiger partial charge < -0.3 is 5.32 Å². The lowest BCUT2D eigenvalue weighted by Gasteiger charge is -2.05. The second-order valence-electron chi connectivity index (χ2n) is 6.85. The quantitative estimate of drug-likeness (QED) is 0.655. The highest BCUT2D eigenvalue weighted by Crippen LogP contribution is 2.26. The van der Waals surface area contributed by atoms with Gasteiger partial charge in [0.05, 0.1) is 23.2 Å². The zero-order valence-electron chi connectivity index (χ0n) is 16.1. The lowest BCUT2D eigenvalue weighted by molar-refractivity contribution is -0.115. The molecule has 2 aromatic carbocycles. The van der Waals surface area contributed by atoms with Crippen LogP contribution in [0.5, 0.6) is 0 Å². The number of amides is 3. The van der Waals surface area contributed by atoms with Gasteiger partial charge in [0.2, 0.25) is 5.91 Å². The second-order valence-corrected chi connectivity index (χ2v) is 7.71. The van der Waals surface area contributed by atoms with E-state index in [0.717, 1.165) is 21.9 Å². The van der Waals surface area contributed by atoms with Gasteiger partial charge in [-0.25, -0.2) is 4.98 Å². The van der Waals surface area contributed by atoms with Crippen LogP contribution in [0.3, 0.4) is 0 Å². The molecular formula is C22H19N3O3S. The summed E-state index contributed by atoms with van der Waals surface area (Å²) in [5, 5.41) is 5.53. The summed E-state index contributed by atoms with van der Waals surface area (Å²) in [5.74, 6) is -0.919. The monoisotopic (exact) mass is 405 g/mol. The average molecular weight is 405 g/mol.